The molecule has 14 heavy (non-hydrogen) atoms. The Morgan fingerprint density at radius 2 is 1.86 bits per heavy atom. The van der Waals surface area contributed by atoms with E-state index in [9.17, 15) is 13.2 Å². The molecule has 0 saturated carbocycles. The highest BCUT2D eigenvalue weighted by Gasteiger charge is 2.41. The standard InChI is InChI=1S/C8H14F3N.C2H6/c1-2-12-5-3-4-7(6-12)8(9,10)11;1-2/h7H,2-6H2,1H3;1-2H3. The van der Waals surface area contributed by atoms with Gasteiger partial charge in [0.1, 0.15) is 0 Å². The minimum atomic E-state index is -3.99. The molecule has 1 saturated heterocycles. The molecule has 1 aliphatic rings. The number of likely N-dealkylation sites (tertiary alicyclic amines) is 1. The number of hydrogen-bond acceptors (Lipinski definition) is 1. The number of piperidine rings is 1. The van der Waals surface area contributed by atoms with Gasteiger partial charge < -0.3 is 4.90 Å². The quantitative estimate of drug-likeness (QED) is 0.643. The molecule has 0 N–H and O–H groups in total. The molecule has 0 bridgehead atoms. The normalized spacial score (nSPS) is 24.0. The molecule has 0 aromatic rings. The van der Waals surface area contributed by atoms with Gasteiger partial charge >= 0.3 is 6.18 Å². The zero-order valence-electron chi connectivity index (χ0n) is 9.19. The summed E-state index contributed by atoms with van der Waals surface area (Å²) in [7, 11) is 0. The van der Waals surface area contributed by atoms with E-state index in [1.807, 2.05) is 25.7 Å². The summed E-state index contributed by atoms with van der Waals surface area (Å²) >= 11 is 0. The molecule has 4 heteroatoms. The summed E-state index contributed by atoms with van der Waals surface area (Å²) in [5.74, 6) is -1.09. The van der Waals surface area contributed by atoms with Crippen LogP contribution in [0.3, 0.4) is 0 Å². The van der Waals surface area contributed by atoms with Crippen molar-refractivity contribution >= 4 is 0 Å². The van der Waals surface area contributed by atoms with Crippen molar-refractivity contribution in [3.05, 3.63) is 0 Å². The summed E-state index contributed by atoms with van der Waals surface area (Å²) < 4.78 is 36.7. The number of rotatable bonds is 1. The lowest BCUT2D eigenvalue weighted by Crippen LogP contribution is -2.41. The summed E-state index contributed by atoms with van der Waals surface area (Å²) in [6.45, 7) is 7.65. The van der Waals surface area contributed by atoms with Gasteiger partial charge in [-0.1, -0.05) is 20.8 Å². The molecule has 0 aliphatic carbocycles. The van der Waals surface area contributed by atoms with Crippen LogP contribution in [0.25, 0.3) is 0 Å². The van der Waals surface area contributed by atoms with Gasteiger partial charge in [0.05, 0.1) is 5.92 Å². The van der Waals surface area contributed by atoms with E-state index >= 15 is 0 Å². The van der Waals surface area contributed by atoms with Crippen molar-refractivity contribution in [2.45, 2.75) is 39.8 Å². The van der Waals surface area contributed by atoms with Gasteiger partial charge in [0.2, 0.25) is 0 Å². The van der Waals surface area contributed by atoms with E-state index in [1.165, 1.54) is 0 Å². The summed E-state index contributed by atoms with van der Waals surface area (Å²) in [6, 6.07) is 0. The second-order valence-corrected chi connectivity index (χ2v) is 3.27. The molecule has 1 rings (SSSR count). The van der Waals surface area contributed by atoms with Crippen molar-refractivity contribution in [1.29, 1.82) is 0 Å². The molecule has 1 nitrogen and oxygen atoms in total. The van der Waals surface area contributed by atoms with E-state index in [-0.39, 0.29) is 6.54 Å². The van der Waals surface area contributed by atoms with Gasteiger partial charge in [-0.15, -0.1) is 0 Å². The highest BCUT2D eigenvalue weighted by molar-refractivity contribution is 4.77. The van der Waals surface area contributed by atoms with Crippen LogP contribution in [0.1, 0.15) is 33.6 Å². The molecule has 0 aromatic heterocycles. The van der Waals surface area contributed by atoms with Gasteiger partial charge in [0.25, 0.3) is 0 Å². The Labute approximate surface area is 84.3 Å². The van der Waals surface area contributed by atoms with Crippen molar-refractivity contribution in [2.75, 3.05) is 19.6 Å². The first-order valence-corrected chi connectivity index (χ1v) is 5.33. The molecule has 1 atom stereocenters. The van der Waals surface area contributed by atoms with E-state index in [2.05, 4.69) is 0 Å². The molecule has 1 heterocycles. The maximum atomic E-state index is 12.2. The Balaban J connectivity index is 0.000000791. The molecule has 0 spiro atoms. The van der Waals surface area contributed by atoms with E-state index in [0.29, 0.717) is 12.8 Å². The number of nitrogens with zero attached hydrogens (tertiary/aromatic N) is 1. The minimum absolute atomic E-state index is 0.194. The first-order chi connectivity index (χ1) is 6.54. The van der Waals surface area contributed by atoms with Gasteiger partial charge in [0, 0.05) is 6.54 Å². The average molecular weight is 211 g/mol. The number of halogens is 3. The van der Waals surface area contributed by atoms with Crippen LogP contribution in [0.5, 0.6) is 0 Å². The fraction of sp³-hybridized carbons (Fsp3) is 1.00. The fourth-order valence-corrected chi connectivity index (χ4v) is 1.61. The highest BCUT2D eigenvalue weighted by Crippen LogP contribution is 2.32. The van der Waals surface area contributed by atoms with Crippen LogP contribution in [0.4, 0.5) is 13.2 Å². The third-order valence-electron chi connectivity index (χ3n) is 2.42. The third kappa shape index (κ3) is 4.31. The van der Waals surface area contributed by atoms with Crippen LogP contribution >= 0.6 is 0 Å². The van der Waals surface area contributed by atoms with E-state index in [4.69, 9.17) is 0 Å². The molecule has 0 amide bonds. The van der Waals surface area contributed by atoms with Crippen molar-refractivity contribution in [3.63, 3.8) is 0 Å². The predicted octanol–water partition coefficient (Wildman–Crippen LogP) is 3.31. The Kier molecular flexibility index (Phi) is 6.16. The van der Waals surface area contributed by atoms with Gasteiger partial charge in [-0.25, -0.2) is 0 Å². The fourth-order valence-electron chi connectivity index (χ4n) is 1.61. The van der Waals surface area contributed by atoms with Crippen molar-refractivity contribution in [1.82, 2.24) is 4.90 Å². The third-order valence-corrected chi connectivity index (χ3v) is 2.42. The van der Waals surface area contributed by atoms with Gasteiger partial charge in [0.15, 0.2) is 0 Å². The summed E-state index contributed by atoms with van der Waals surface area (Å²) in [6.07, 6.45) is -3.01. The maximum Gasteiger partial charge on any atom is 0.393 e. The molecule has 86 valence electrons. The Bertz CT molecular complexity index is 145. The molecule has 1 aliphatic heterocycles. The van der Waals surface area contributed by atoms with Crippen molar-refractivity contribution < 1.29 is 13.2 Å². The highest BCUT2D eigenvalue weighted by atomic mass is 19.4. The SMILES string of the molecule is CC.CCN1CCCC(C(F)(F)F)C1. The average Bonchev–Trinajstić information content (AvgIpc) is 2.20. The number of alkyl halides is 3. The Hall–Kier alpha value is -0.250. The summed E-state index contributed by atoms with van der Waals surface area (Å²) in [5, 5.41) is 0. The van der Waals surface area contributed by atoms with Gasteiger partial charge in [-0.2, -0.15) is 13.2 Å². The Morgan fingerprint density at radius 3 is 2.29 bits per heavy atom. The van der Waals surface area contributed by atoms with Crippen LogP contribution in [0.2, 0.25) is 0 Å². The predicted molar refractivity (Wildman–Crippen MR) is 52.2 cm³/mol. The van der Waals surface area contributed by atoms with Crippen LogP contribution in [0, 0.1) is 5.92 Å². The Morgan fingerprint density at radius 1 is 1.29 bits per heavy atom. The summed E-state index contributed by atoms with van der Waals surface area (Å²) in [5.41, 5.74) is 0. The lowest BCUT2D eigenvalue weighted by molar-refractivity contribution is -0.186. The maximum absolute atomic E-state index is 12.2. The molecule has 0 aromatic carbocycles. The second kappa shape index (κ2) is 6.27. The van der Waals surface area contributed by atoms with E-state index in [1.54, 1.807) is 0 Å². The molecule has 1 unspecified atom stereocenters. The zero-order chi connectivity index (χ0) is 11.2. The van der Waals surface area contributed by atoms with Gasteiger partial charge in [-0.05, 0) is 25.9 Å². The van der Waals surface area contributed by atoms with E-state index < -0.39 is 12.1 Å². The molecular weight excluding hydrogens is 191 g/mol. The smallest absolute Gasteiger partial charge is 0.303 e. The first-order valence-electron chi connectivity index (χ1n) is 5.33. The largest absolute Gasteiger partial charge is 0.393 e. The molecule has 0 radical (unpaired) electrons. The lowest BCUT2D eigenvalue weighted by atomic mass is 9.98. The first kappa shape index (κ1) is 13.8. The van der Waals surface area contributed by atoms with Crippen molar-refractivity contribution in [2.24, 2.45) is 5.92 Å². The minimum Gasteiger partial charge on any atom is -0.303 e. The van der Waals surface area contributed by atoms with Gasteiger partial charge in [-0.3, -0.25) is 0 Å². The summed E-state index contributed by atoms with van der Waals surface area (Å²) in [4.78, 5) is 1.86. The zero-order valence-corrected chi connectivity index (χ0v) is 9.19. The topological polar surface area (TPSA) is 3.24 Å². The molecular formula is C10H20F3N. The van der Waals surface area contributed by atoms with Crippen LogP contribution in [0.15, 0.2) is 0 Å². The van der Waals surface area contributed by atoms with Crippen LogP contribution in [-0.2, 0) is 0 Å². The second-order valence-electron chi connectivity index (χ2n) is 3.27. The lowest BCUT2D eigenvalue weighted by Gasteiger charge is -2.32. The van der Waals surface area contributed by atoms with Crippen LogP contribution < -0.4 is 0 Å². The van der Waals surface area contributed by atoms with Crippen LogP contribution in [-0.4, -0.2) is 30.7 Å². The molecule has 1 fully saturated rings. The van der Waals surface area contributed by atoms with Crippen molar-refractivity contribution in [3.8, 4) is 0 Å². The number of hydrogen-bond donors (Lipinski definition) is 0. The monoisotopic (exact) mass is 211 g/mol. The van der Waals surface area contributed by atoms with E-state index in [0.717, 1.165) is 13.1 Å².